The Balaban J connectivity index is 0.820. The second kappa shape index (κ2) is 21.2. The summed E-state index contributed by atoms with van der Waals surface area (Å²) in [5.74, 6) is 2.65. The highest BCUT2D eigenvalue weighted by atomic mass is 16.8. The van der Waals surface area contributed by atoms with Crippen LogP contribution in [0.5, 0.6) is 0 Å². The van der Waals surface area contributed by atoms with Crippen LogP contribution in [0, 0.1) is 46.8 Å². The van der Waals surface area contributed by atoms with Crippen LogP contribution in [0.3, 0.4) is 0 Å². The number of fused-ring (bicyclic) bond motifs is 7. The fourth-order valence-corrected chi connectivity index (χ4v) is 14.7. The van der Waals surface area contributed by atoms with E-state index in [1.165, 1.54) is 0 Å². The molecule has 9 fully saturated rings. The molecule has 0 unspecified atom stereocenters. The van der Waals surface area contributed by atoms with Crippen LogP contribution >= 0.6 is 0 Å². The van der Waals surface area contributed by atoms with Crippen molar-refractivity contribution < 1.29 is 114 Å². The van der Waals surface area contributed by atoms with Crippen molar-refractivity contribution in [1.29, 1.82) is 0 Å². The molecule has 6 heterocycles. The second-order valence-corrected chi connectivity index (χ2v) is 22.9. The van der Waals surface area contributed by atoms with E-state index in [-0.39, 0.29) is 17.6 Å². The number of allylic oxidation sites excluding steroid dienone is 1. The quantitative estimate of drug-likeness (QED) is 0.0708. The summed E-state index contributed by atoms with van der Waals surface area (Å²) < 4.78 is 60.7. The molecular weight excluding hydrogens is 957 g/mol. The molecule has 0 aromatic carbocycles. The summed E-state index contributed by atoms with van der Waals surface area (Å²) in [5.41, 5.74) is 1.63. The van der Waals surface area contributed by atoms with Gasteiger partial charge in [-0.05, 0) is 86.4 Å². The summed E-state index contributed by atoms with van der Waals surface area (Å²) in [6.45, 7) is 5.14. The summed E-state index contributed by atoms with van der Waals surface area (Å²) in [7, 11) is 0. The first-order chi connectivity index (χ1) is 34.3. The van der Waals surface area contributed by atoms with Crippen LogP contribution in [-0.4, -0.2) is 234 Å². The SMILES string of the molecule is C[C@H]1CC[C@@]2(OC1)O[C@H]1C[C@@H]3C(=CC[C@H]4[C@H]3CC[C@H]3C[C@@H](O[C@@H]5O[C@H](CO)[C@H](O[C@@H]6O[C@H](CO)[C@@H](O)[C@H](O[C@@H]7O[C@H](O)[C@@H](O)[C@H](O)[C@H]7O)[C@H]6O[C@@H]6O[C@H](CO)[C@@H](O)[C@H](O)[C@H]6O)[C@H](O)[C@H]5O)CC[C@@]34C)[C@H]1[C@@H]2C. The molecule has 0 radical (unpaired) electrons. The normalized spacial score (nSPS) is 56.7. The van der Waals surface area contributed by atoms with E-state index < -0.39 is 149 Å². The maximum atomic E-state index is 11.8. The first-order valence-electron chi connectivity index (χ1n) is 26.2. The molecule has 412 valence electrons. The predicted molar refractivity (Wildman–Crippen MR) is 239 cm³/mol. The molecule has 0 aromatic rings. The van der Waals surface area contributed by atoms with Gasteiger partial charge in [0.25, 0.3) is 0 Å². The number of aliphatic hydroxyl groups excluding tert-OH is 13. The van der Waals surface area contributed by atoms with Crippen molar-refractivity contribution in [2.24, 2.45) is 46.8 Å². The topological polar surface area (TPSA) is 355 Å². The summed E-state index contributed by atoms with van der Waals surface area (Å²) in [5, 5.41) is 139. The molecule has 6 saturated heterocycles. The molecule has 72 heavy (non-hydrogen) atoms. The zero-order valence-electron chi connectivity index (χ0n) is 40.9. The zero-order chi connectivity index (χ0) is 51.3. The van der Waals surface area contributed by atoms with E-state index in [1.807, 2.05) is 0 Å². The largest absolute Gasteiger partial charge is 0.394 e. The number of hydrogen-bond acceptors (Lipinski definition) is 23. The van der Waals surface area contributed by atoms with E-state index >= 15 is 0 Å². The van der Waals surface area contributed by atoms with Gasteiger partial charge in [-0.1, -0.05) is 32.4 Å². The van der Waals surface area contributed by atoms with Crippen LogP contribution in [0.15, 0.2) is 11.6 Å². The van der Waals surface area contributed by atoms with Gasteiger partial charge in [0.15, 0.2) is 37.2 Å². The third-order valence-corrected chi connectivity index (χ3v) is 18.9. The maximum absolute atomic E-state index is 11.8. The van der Waals surface area contributed by atoms with Crippen LogP contribution in [0.2, 0.25) is 0 Å². The molecular formula is C49H78O23. The molecule has 10 aliphatic rings. The standard InChI is InChI=1S/C49H78O23/c1-18-8-11-49(63-17-18)19(2)30-23-6-7-25-22(24(23)13-26(30)72-49)5-4-20-12-21(9-10-48(20,25)3)64-44-39(61)35(57)40(29(16-52)67-44)68-47-42(70-45-37(59)33(55)31(53)27(14-50)65-45)41(32(54)28(15-51)66-47)69-46-38(60)34(56)36(58)43(62)71-46/h6,18-22,24-47,50-62H,4-5,7-17H2,1-3H3/t18-,19-,20-,21-,22-,24-,25-,26-,27+,28+,29+,30+,31+,32+,33-,34-,35+,36-,37+,38+,39+,40-,41-,42+,43-,44+,45-,46+,47-,48-,49+/m0/s1. The van der Waals surface area contributed by atoms with Gasteiger partial charge in [-0.3, -0.25) is 0 Å². The van der Waals surface area contributed by atoms with Crippen LogP contribution in [0.25, 0.3) is 0 Å². The number of aliphatic hydroxyl groups is 13. The van der Waals surface area contributed by atoms with E-state index in [9.17, 15) is 66.4 Å². The van der Waals surface area contributed by atoms with Gasteiger partial charge < -0.3 is 114 Å². The van der Waals surface area contributed by atoms with E-state index in [2.05, 4.69) is 26.8 Å². The Hall–Kier alpha value is -1.18. The van der Waals surface area contributed by atoms with Gasteiger partial charge in [0.05, 0.1) is 38.6 Å². The third kappa shape index (κ3) is 9.37. The average molecular weight is 1040 g/mol. The van der Waals surface area contributed by atoms with Crippen molar-refractivity contribution in [2.75, 3.05) is 26.4 Å². The Labute approximate surface area is 417 Å². The molecule has 1 spiro atoms. The molecule has 0 amide bonds. The first kappa shape index (κ1) is 54.2. The zero-order valence-corrected chi connectivity index (χ0v) is 40.9. The van der Waals surface area contributed by atoms with Gasteiger partial charge in [0.1, 0.15) is 91.6 Å². The maximum Gasteiger partial charge on any atom is 0.189 e. The molecule has 6 aliphatic heterocycles. The Kier molecular flexibility index (Phi) is 16.0. The fourth-order valence-electron chi connectivity index (χ4n) is 14.7. The minimum Gasteiger partial charge on any atom is -0.394 e. The third-order valence-electron chi connectivity index (χ3n) is 18.9. The molecule has 0 aromatic heterocycles. The molecule has 4 aliphatic carbocycles. The lowest BCUT2D eigenvalue weighted by atomic mass is 9.48. The van der Waals surface area contributed by atoms with Crippen molar-refractivity contribution >= 4 is 0 Å². The average Bonchev–Trinajstić information content (AvgIpc) is 3.86. The monoisotopic (exact) mass is 1030 g/mol. The molecule has 23 heteroatoms. The molecule has 23 nitrogen and oxygen atoms in total. The Bertz CT molecular complexity index is 1870. The number of hydrogen-bond donors (Lipinski definition) is 13. The molecule has 31 atom stereocenters. The van der Waals surface area contributed by atoms with Crippen molar-refractivity contribution in [2.45, 2.75) is 220 Å². The van der Waals surface area contributed by atoms with E-state index in [0.29, 0.717) is 54.3 Å². The van der Waals surface area contributed by atoms with Crippen molar-refractivity contribution in [1.82, 2.24) is 0 Å². The molecule has 3 saturated carbocycles. The van der Waals surface area contributed by atoms with Gasteiger partial charge in [0, 0.05) is 18.3 Å². The highest BCUT2D eigenvalue weighted by Gasteiger charge is 2.64. The van der Waals surface area contributed by atoms with Crippen molar-refractivity contribution in [3.05, 3.63) is 11.6 Å². The summed E-state index contributed by atoms with van der Waals surface area (Å²) >= 11 is 0. The Morgan fingerprint density at radius 1 is 0.583 bits per heavy atom. The molecule has 13 N–H and O–H groups in total. The van der Waals surface area contributed by atoms with Crippen LogP contribution < -0.4 is 0 Å². The summed E-state index contributed by atoms with van der Waals surface area (Å²) in [6, 6.07) is 0. The summed E-state index contributed by atoms with van der Waals surface area (Å²) in [6.07, 6.45) is -26.2. The van der Waals surface area contributed by atoms with Gasteiger partial charge in [-0.2, -0.15) is 0 Å². The minimum absolute atomic E-state index is 0.0504. The van der Waals surface area contributed by atoms with Crippen molar-refractivity contribution in [3.63, 3.8) is 0 Å². The highest BCUT2D eigenvalue weighted by Crippen LogP contribution is 2.66. The lowest BCUT2D eigenvalue weighted by Crippen LogP contribution is -2.68. The molecule has 0 bridgehead atoms. The van der Waals surface area contributed by atoms with Gasteiger partial charge in [0.2, 0.25) is 0 Å². The molecule has 10 rings (SSSR count). The smallest absolute Gasteiger partial charge is 0.189 e. The Morgan fingerprint density at radius 2 is 1.19 bits per heavy atom. The highest BCUT2D eigenvalue weighted by molar-refractivity contribution is 5.29. The lowest BCUT2D eigenvalue weighted by molar-refractivity contribution is -0.412. The van der Waals surface area contributed by atoms with Crippen LogP contribution in [0.4, 0.5) is 0 Å². The first-order valence-corrected chi connectivity index (χ1v) is 26.2. The van der Waals surface area contributed by atoms with Gasteiger partial charge in [-0.15, -0.1) is 0 Å². The lowest BCUT2D eigenvalue weighted by Gasteiger charge is -2.58. The number of rotatable bonds is 11. The summed E-state index contributed by atoms with van der Waals surface area (Å²) in [4.78, 5) is 0. The van der Waals surface area contributed by atoms with E-state index in [4.69, 9.17) is 47.4 Å². The Morgan fingerprint density at radius 3 is 1.89 bits per heavy atom. The van der Waals surface area contributed by atoms with Gasteiger partial charge in [-0.25, -0.2) is 0 Å². The van der Waals surface area contributed by atoms with Crippen molar-refractivity contribution in [3.8, 4) is 0 Å². The van der Waals surface area contributed by atoms with E-state index in [1.54, 1.807) is 5.57 Å². The van der Waals surface area contributed by atoms with Crippen LogP contribution in [-0.2, 0) is 47.4 Å². The van der Waals surface area contributed by atoms with Gasteiger partial charge >= 0.3 is 0 Å². The number of ether oxygens (including phenoxy) is 10. The van der Waals surface area contributed by atoms with Crippen LogP contribution in [0.1, 0.15) is 78.6 Å². The predicted octanol–water partition coefficient (Wildman–Crippen LogP) is -3.42. The van der Waals surface area contributed by atoms with E-state index in [0.717, 1.165) is 51.6 Å². The minimum atomic E-state index is -2.11. The fraction of sp³-hybridized carbons (Fsp3) is 0.959. The second-order valence-electron chi connectivity index (χ2n) is 22.9.